The average Bonchev–Trinajstić information content (AvgIpc) is 2.39. The normalized spacial score (nSPS) is 10.2. The SMILES string of the molecule is CCCSCC(=O)N(CC(=O)O)Cc1ccccc1. The van der Waals surface area contributed by atoms with E-state index >= 15 is 0 Å². The second-order valence-corrected chi connectivity index (χ2v) is 5.29. The molecule has 1 rings (SSSR count). The van der Waals surface area contributed by atoms with E-state index in [9.17, 15) is 9.59 Å². The van der Waals surface area contributed by atoms with Gasteiger partial charge < -0.3 is 10.0 Å². The predicted octanol–water partition coefficient (Wildman–Crippen LogP) is 2.24. The van der Waals surface area contributed by atoms with Crippen LogP contribution in [0.1, 0.15) is 18.9 Å². The van der Waals surface area contributed by atoms with E-state index in [4.69, 9.17) is 5.11 Å². The molecule has 0 aliphatic heterocycles. The van der Waals surface area contributed by atoms with E-state index in [1.807, 2.05) is 30.3 Å². The quantitative estimate of drug-likeness (QED) is 0.742. The van der Waals surface area contributed by atoms with E-state index in [1.54, 1.807) is 11.8 Å². The highest BCUT2D eigenvalue weighted by Crippen LogP contribution is 2.09. The molecule has 1 aromatic rings. The predicted molar refractivity (Wildman–Crippen MR) is 77.1 cm³/mol. The summed E-state index contributed by atoms with van der Waals surface area (Å²) in [5.74, 6) is 0.154. The fourth-order valence-corrected chi connectivity index (χ4v) is 2.38. The molecule has 0 radical (unpaired) electrons. The number of carboxylic acids is 1. The van der Waals surface area contributed by atoms with Crippen molar-refractivity contribution in [1.82, 2.24) is 4.90 Å². The zero-order valence-electron chi connectivity index (χ0n) is 11.0. The molecule has 19 heavy (non-hydrogen) atoms. The molecule has 1 amide bonds. The Morgan fingerprint density at radius 1 is 1.26 bits per heavy atom. The van der Waals surface area contributed by atoms with Gasteiger partial charge in [0, 0.05) is 6.54 Å². The van der Waals surface area contributed by atoms with Crippen LogP contribution in [-0.2, 0) is 16.1 Å². The topological polar surface area (TPSA) is 57.6 Å². The number of benzene rings is 1. The van der Waals surface area contributed by atoms with E-state index in [0.717, 1.165) is 17.7 Å². The Balaban J connectivity index is 2.60. The molecular formula is C14H19NO3S. The van der Waals surface area contributed by atoms with E-state index in [2.05, 4.69) is 6.92 Å². The molecule has 0 unspecified atom stereocenters. The second-order valence-electron chi connectivity index (χ2n) is 4.18. The molecule has 1 aromatic carbocycles. The van der Waals surface area contributed by atoms with Crippen LogP contribution in [0, 0.1) is 0 Å². The Morgan fingerprint density at radius 3 is 2.53 bits per heavy atom. The molecule has 5 heteroatoms. The molecule has 104 valence electrons. The lowest BCUT2D eigenvalue weighted by Crippen LogP contribution is -2.36. The van der Waals surface area contributed by atoms with Crippen LogP contribution in [0.5, 0.6) is 0 Å². The summed E-state index contributed by atoms with van der Waals surface area (Å²) in [5, 5.41) is 8.88. The maximum Gasteiger partial charge on any atom is 0.323 e. The first-order valence-electron chi connectivity index (χ1n) is 6.24. The zero-order chi connectivity index (χ0) is 14.1. The number of nitrogens with zero attached hydrogens (tertiary/aromatic N) is 1. The fraction of sp³-hybridized carbons (Fsp3) is 0.429. The minimum Gasteiger partial charge on any atom is -0.480 e. The lowest BCUT2D eigenvalue weighted by molar-refractivity contribution is -0.143. The summed E-state index contributed by atoms with van der Waals surface area (Å²) in [7, 11) is 0. The molecule has 1 N–H and O–H groups in total. The van der Waals surface area contributed by atoms with Crippen LogP contribution in [0.15, 0.2) is 30.3 Å². The molecule has 0 heterocycles. The molecular weight excluding hydrogens is 262 g/mol. The first-order chi connectivity index (χ1) is 9.13. The van der Waals surface area contributed by atoms with E-state index in [0.29, 0.717) is 12.3 Å². The second kappa shape index (κ2) is 8.58. The van der Waals surface area contributed by atoms with Gasteiger partial charge in [0.25, 0.3) is 0 Å². The number of hydrogen-bond donors (Lipinski definition) is 1. The van der Waals surface area contributed by atoms with Crippen LogP contribution in [0.4, 0.5) is 0 Å². The van der Waals surface area contributed by atoms with Crippen LogP contribution in [0.25, 0.3) is 0 Å². The van der Waals surface area contributed by atoms with Gasteiger partial charge in [-0.15, -0.1) is 0 Å². The van der Waals surface area contributed by atoms with Gasteiger partial charge in [-0.3, -0.25) is 9.59 Å². The Labute approximate surface area is 117 Å². The molecule has 0 aliphatic carbocycles. The van der Waals surface area contributed by atoms with Crippen LogP contribution in [0.2, 0.25) is 0 Å². The van der Waals surface area contributed by atoms with Gasteiger partial charge in [-0.1, -0.05) is 37.3 Å². The summed E-state index contributed by atoms with van der Waals surface area (Å²) in [6, 6.07) is 9.43. The molecule has 0 fully saturated rings. The number of carbonyl (C=O) groups excluding carboxylic acids is 1. The fourth-order valence-electron chi connectivity index (χ4n) is 1.59. The van der Waals surface area contributed by atoms with Crippen molar-refractivity contribution in [2.24, 2.45) is 0 Å². The van der Waals surface area contributed by atoms with Crippen molar-refractivity contribution in [3.8, 4) is 0 Å². The minimum absolute atomic E-state index is 0.121. The largest absolute Gasteiger partial charge is 0.480 e. The van der Waals surface area contributed by atoms with Gasteiger partial charge in [-0.2, -0.15) is 11.8 Å². The number of hydrogen-bond acceptors (Lipinski definition) is 3. The Bertz CT molecular complexity index is 408. The third-order valence-corrected chi connectivity index (χ3v) is 3.62. The first kappa shape index (κ1) is 15.6. The summed E-state index contributed by atoms with van der Waals surface area (Å²) >= 11 is 1.54. The summed E-state index contributed by atoms with van der Waals surface area (Å²) < 4.78 is 0. The monoisotopic (exact) mass is 281 g/mol. The standard InChI is InChI=1S/C14H19NO3S/c1-2-8-19-11-13(16)15(10-14(17)18)9-12-6-4-3-5-7-12/h3-7H,2,8-11H2,1H3,(H,17,18). The van der Waals surface area contributed by atoms with Crippen molar-refractivity contribution in [1.29, 1.82) is 0 Å². The van der Waals surface area contributed by atoms with Crippen LogP contribution >= 0.6 is 11.8 Å². The van der Waals surface area contributed by atoms with Gasteiger partial charge in [0.1, 0.15) is 6.54 Å². The number of rotatable bonds is 8. The molecule has 0 atom stereocenters. The summed E-state index contributed by atoms with van der Waals surface area (Å²) in [4.78, 5) is 24.2. The van der Waals surface area contributed by atoms with Crippen molar-refractivity contribution in [3.05, 3.63) is 35.9 Å². The Hall–Kier alpha value is -1.49. The van der Waals surface area contributed by atoms with Crippen molar-refractivity contribution in [2.45, 2.75) is 19.9 Å². The highest BCUT2D eigenvalue weighted by molar-refractivity contribution is 7.99. The molecule has 0 aliphatic rings. The first-order valence-corrected chi connectivity index (χ1v) is 7.40. The highest BCUT2D eigenvalue weighted by atomic mass is 32.2. The van der Waals surface area contributed by atoms with Gasteiger partial charge in [-0.05, 0) is 17.7 Å². The third-order valence-electron chi connectivity index (χ3n) is 2.47. The van der Waals surface area contributed by atoms with Crippen LogP contribution in [-0.4, -0.2) is 39.9 Å². The van der Waals surface area contributed by atoms with Crippen LogP contribution < -0.4 is 0 Å². The van der Waals surface area contributed by atoms with Gasteiger partial charge in [0.15, 0.2) is 0 Å². The van der Waals surface area contributed by atoms with Gasteiger partial charge in [0.2, 0.25) is 5.91 Å². The zero-order valence-corrected chi connectivity index (χ0v) is 11.9. The summed E-state index contributed by atoms with van der Waals surface area (Å²) in [6.45, 7) is 2.15. The molecule has 0 bridgehead atoms. The van der Waals surface area contributed by atoms with E-state index in [1.165, 1.54) is 4.90 Å². The molecule has 0 aromatic heterocycles. The Kier molecular flexibility index (Phi) is 7.03. The van der Waals surface area contributed by atoms with Gasteiger partial charge >= 0.3 is 5.97 Å². The smallest absolute Gasteiger partial charge is 0.323 e. The lowest BCUT2D eigenvalue weighted by Gasteiger charge is -2.20. The van der Waals surface area contributed by atoms with Crippen LogP contribution in [0.3, 0.4) is 0 Å². The highest BCUT2D eigenvalue weighted by Gasteiger charge is 2.16. The van der Waals surface area contributed by atoms with E-state index in [-0.39, 0.29) is 12.5 Å². The average molecular weight is 281 g/mol. The number of amides is 1. The van der Waals surface area contributed by atoms with E-state index < -0.39 is 5.97 Å². The maximum atomic E-state index is 12.0. The van der Waals surface area contributed by atoms with Crippen molar-refractivity contribution in [3.63, 3.8) is 0 Å². The minimum atomic E-state index is -0.982. The lowest BCUT2D eigenvalue weighted by atomic mass is 10.2. The Morgan fingerprint density at radius 2 is 1.95 bits per heavy atom. The third kappa shape index (κ3) is 6.29. The number of thioether (sulfide) groups is 1. The molecule has 0 saturated carbocycles. The number of carboxylic acid groups (broad SMARTS) is 1. The number of aliphatic carboxylic acids is 1. The van der Waals surface area contributed by atoms with Crippen molar-refractivity contribution < 1.29 is 14.7 Å². The van der Waals surface area contributed by atoms with Gasteiger partial charge in [0.05, 0.1) is 5.75 Å². The van der Waals surface area contributed by atoms with Crippen molar-refractivity contribution in [2.75, 3.05) is 18.1 Å². The number of carbonyl (C=O) groups is 2. The summed E-state index contributed by atoms with van der Waals surface area (Å²) in [6.07, 6.45) is 1.01. The molecule has 0 spiro atoms. The van der Waals surface area contributed by atoms with Crippen molar-refractivity contribution >= 4 is 23.6 Å². The molecule has 4 nitrogen and oxygen atoms in total. The molecule has 0 saturated heterocycles. The van der Waals surface area contributed by atoms with Gasteiger partial charge in [-0.25, -0.2) is 0 Å². The summed E-state index contributed by atoms with van der Waals surface area (Å²) in [5.41, 5.74) is 0.942. The maximum absolute atomic E-state index is 12.0.